The fraction of sp³-hybridized carbons (Fsp3) is 0.528. The predicted octanol–water partition coefficient (Wildman–Crippen LogP) is 2.18. The van der Waals surface area contributed by atoms with Crippen molar-refractivity contribution in [1.82, 2.24) is 30.2 Å². The van der Waals surface area contributed by atoms with Gasteiger partial charge in [-0.2, -0.15) is 11.8 Å². The maximum atomic E-state index is 14.7. The van der Waals surface area contributed by atoms with E-state index in [1.807, 2.05) is 0 Å². The number of carbonyl (C=O) groups excluding carboxylic acids is 5. The van der Waals surface area contributed by atoms with Crippen molar-refractivity contribution in [2.75, 3.05) is 18.1 Å². The van der Waals surface area contributed by atoms with Crippen LogP contribution in [0.25, 0.3) is 10.8 Å². The van der Waals surface area contributed by atoms with Crippen LogP contribution in [0.4, 0.5) is 0 Å². The van der Waals surface area contributed by atoms with E-state index >= 15 is 0 Å². The van der Waals surface area contributed by atoms with Gasteiger partial charge in [0.1, 0.15) is 28.6 Å². The fourth-order valence-corrected chi connectivity index (χ4v) is 8.81. The van der Waals surface area contributed by atoms with Crippen molar-refractivity contribution in [1.29, 1.82) is 0 Å². The Morgan fingerprint density at radius 3 is 2.52 bits per heavy atom. The van der Waals surface area contributed by atoms with Crippen LogP contribution >= 0.6 is 11.8 Å². The summed E-state index contributed by atoms with van der Waals surface area (Å²) in [5.74, 6) is -3.07. The van der Waals surface area contributed by atoms with Gasteiger partial charge >= 0.3 is 0 Å². The molecule has 276 valence electrons. The summed E-state index contributed by atoms with van der Waals surface area (Å²) in [6.07, 6.45) is 6.67. The molecule has 0 spiro atoms. The lowest BCUT2D eigenvalue weighted by molar-refractivity contribution is -0.143. The first-order valence-electron chi connectivity index (χ1n) is 17.7. The first kappa shape index (κ1) is 37.1. The summed E-state index contributed by atoms with van der Waals surface area (Å²) in [4.78, 5) is 89.2. The van der Waals surface area contributed by atoms with E-state index in [0.717, 1.165) is 32.1 Å². The lowest BCUT2D eigenvalue weighted by Crippen LogP contribution is -2.63. The maximum Gasteiger partial charge on any atom is 0.293 e. The number of nitrogens with zero attached hydrogens (tertiary/aromatic N) is 5. The zero-order valence-corrected chi connectivity index (χ0v) is 30.1. The van der Waals surface area contributed by atoms with Gasteiger partial charge in [0, 0.05) is 18.4 Å². The highest BCUT2D eigenvalue weighted by Crippen LogP contribution is 2.34. The van der Waals surface area contributed by atoms with Crippen LogP contribution in [-0.2, 0) is 24.8 Å². The summed E-state index contributed by atoms with van der Waals surface area (Å²) < 4.78 is 1.48. The number of carbonyl (C=O) groups is 5. The molecule has 2 aromatic heterocycles. The summed E-state index contributed by atoms with van der Waals surface area (Å²) in [6, 6.07) is 6.54. The number of H-pyrrole nitrogens is 1. The van der Waals surface area contributed by atoms with Gasteiger partial charge in [-0.15, -0.1) is 5.10 Å². The zero-order chi connectivity index (χ0) is 37.2. The maximum absolute atomic E-state index is 14.7. The van der Waals surface area contributed by atoms with Crippen LogP contribution in [0.15, 0.2) is 46.3 Å². The van der Waals surface area contributed by atoms with Crippen LogP contribution in [0, 0.1) is 5.92 Å². The smallest absolute Gasteiger partial charge is 0.293 e. The van der Waals surface area contributed by atoms with Crippen molar-refractivity contribution in [3.63, 3.8) is 0 Å². The number of Topliss-reactive ketones (excluding diaryl/α,β-unsaturated/α-hetero) is 1. The van der Waals surface area contributed by atoms with Gasteiger partial charge in [0.05, 0.1) is 17.9 Å². The van der Waals surface area contributed by atoms with Crippen LogP contribution in [0.2, 0.25) is 0 Å². The Hall–Kier alpha value is -4.70. The molecule has 52 heavy (non-hydrogen) atoms. The Bertz CT molecular complexity index is 1970. The number of thioether (sulfide) groups is 1. The molecule has 3 fully saturated rings. The van der Waals surface area contributed by atoms with E-state index in [9.17, 15) is 33.9 Å². The first-order chi connectivity index (χ1) is 24.8. The molecule has 2 saturated heterocycles. The molecule has 1 aromatic carbocycles. The highest BCUT2D eigenvalue weighted by Gasteiger charge is 2.49. The van der Waals surface area contributed by atoms with Gasteiger partial charge < -0.3 is 26.0 Å². The van der Waals surface area contributed by atoms with Crippen LogP contribution in [-0.4, -0.2) is 94.7 Å². The van der Waals surface area contributed by atoms with Crippen molar-refractivity contribution >= 4 is 57.7 Å². The van der Waals surface area contributed by atoms with Gasteiger partial charge in [-0.25, -0.2) is 9.67 Å². The van der Waals surface area contributed by atoms with Crippen molar-refractivity contribution in [3.8, 4) is 0 Å². The lowest BCUT2D eigenvalue weighted by Gasteiger charge is -2.37. The molecule has 4 heterocycles. The average Bonchev–Trinajstić information content (AvgIpc) is 3.80. The summed E-state index contributed by atoms with van der Waals surface area (Å²) >= 11 is 1.59. The van der Waals surface area contributed by atoms with Gasteiger partial charge in [0.15, 0.2) is 0 Å². The normalized spacial score (nSPS) is 21.2. The van der Waals surface area contributed by atoms with Crippen molar-refractivity contribution in [2.24, 2.45) is 16.6 Å². The van der Waals surface area contributed by atoms with Crippen molar-refractivity contribution in [3.05, 3.63) is 58.3 Å². The number of aromatic nitrogens is 4. The number of likely N-dealkylation sites (tertiary alicyclic amines) is 1. The van der Waals surface area contributed by atoms with Crippen LogP contribution in [0.5, 0.6) is 0 Å². The quantitative estimate of drug-likeness (QED) is 0.176. The van der Waals surface area contributed by atoms with E-state index in [0.29, 0.717) is 28.0 Å². The summed E-state index contributed by atoms with van der Waals surface area (Å²) in [7, 11) is 0. The molecule has 0 unspecified atom stereocenters. The van der Waals surface area contributed by atoms with E-state index in [4.69, 9.17) is 5.73 Å². The molecule has 15 nitrogen and oxygen atoms in total. The van der Waals surface area contributed by atoms with E-state index in [1.165, 1.54) is 21.8 Å². The van der Waals surface area contributed by atoms with Crippen LogP contribution in [0.1, 0.15) is 93.9 Å². The largest absolute Gasteiger partial charge is 0.384 e. The topological polar surface area (TPSA) is 223 Å². The molecular weight excluding hydrogens is 689 g/mol. The Morgan fingerprint density at radius 1 is 1.12 bits per heavy atom. The number of hydrogen-bond donors (Lipinski definition) is 4. The van der Waals surface area contributed by atoms with Crippen LogP contribution in [0.3, 0.4) is 0 Å². The third kappa shape index (κ3) is 7.72. The molecule has 16 heteroatoms. The Balaban J connectivity index is 1.38. The molecule has 2 atom stereocenters. The Morgan fingerprint density at radius 2 is 1.83 bits per heavy atom. The number of nitrogens with two attached hydrogens (primary N) is 1. The second kappa shape index (κ2) is 15.1. The number of aliphatic imine (C=N–C) groups is 1. The summed E-state index contributed by atoms with van der Waals surface area (Å²) in [5, 5.41) is 22.8. The van der Waals surface area contributed by atoms with E-state index < -0.39 is 58.2 Å². The Kier molecular flexibility index (Phi) is 10.8. The number of aliphatic hydroxyl groups is 1. The molecule has 3 aromatic rings. The van der Waals surface area contributed by atoms with Gasteiger partial charge in [0.25, 0.3) is 23.3 Å². The minimum Gasteiger partial charge on any atom is -0.384 e. The van der Waals surface area contributed by atoms with Crippen molar-refractivity contribution in [2.45, 2.75) is 94.9 Å². The van der Waals surface area contributed by atoms with E-state index in [-0.39, 0.29) is 49.6 Å². The molecule has 1 aliphatic carbocycles. The summed E-state index contributed by atoms with van der Waals surface area (Å²) in [6.45, 7) is 3.09. The van der Waals surface area contributed by atoms with Gasteiger partial charge in [-0.05, 0) is 68.1 Å². The number of ketones is 1. The molecule has 6 rings (SSSR count). The lowest BCUT2D eigenvalue weighted by atomic mass is 9.85. The first-order valence-corrected chi connectivity index (χ1v) is 18.8. The minimum absolute atomic E-state index is 0.0300. The number of amides is 4. The monoisotopic (exact) mass is 732 g/mol. The molecule has 0 bridgehead atoms. The van der Waals surface area contributed by atoms with Gasteiger partial charge in [-0.1, -0.05) is 55.5 Å². The fourth-order valence-electron chi connectivity index (χ4n) is 7.62. The SMILES string of the molecule is CC(C)(O)c1cnnn1[C@H]1C[C@@H](C(=O)NC2(C(=O)C(N)=O)CCSCC2)N(C(=O)C(CC2CCCCC2)=NC(=O)c2cc3ccccc3c(=O)[nH]2)C1. The van der Waals surface area contributed by atoms with Crippen molar-refractivity contribution < 1.29 is 29.1 Å². The highest BCUT2D eigenvalue weighted by atomic mass is 32.2. The summed E-state index contributed by atoms with van der Waals surface area (Å²) in [5.41, 5.74) is 2.33. The molecule has 3 aliphatic rings. The average molecular weight is 733 g/mol. The highest BCUT2D eigenvalue weighted by molar-refractivity contribution is 7.99. The number of aromatic amines is 1. The number of hydrogen-bond acceptors (Lipinski definition) is 10. The Labute approximate surface area is 304 Å². The van der Waals surface area contributed by atoms with Gasteiger partial charge in [0.2, 0.25) is 11.7 Å². The number of fused-ring (bicyclic) bond motifs is 1. The number of nitrogens with one attached hydrogen (secondary N) is 2. The van der Waals surface area contributed by atoms with Gasteiger partial charge in [-0.3, -0.25) is 28.8 Å². The molecule has 4 amide bonds. The van der Waals surface area contributed by atoms with E-state index in [1.54, 1.807) is 49.9 Å². The molecular formula is C36H44N8O7S. The third-order valence-electron chi connectivity index (χ3n) is 10.4. The molecule has 2 aliphatic heterocycles. The number of pyridine rings is 1. The van der Waals surface area contributed by atoms with E-state index in [2.05, 4.69) is 25.6 Å². The molecule has 1 saturated carbocycles. The third-order valence-corrected chi connectivity index (χ3v) is 11.4. The number of rotatable bonds is 10. The predicted molar refractivity (Wildman–Crippen MR) is 194 cm³/mol. The second-order valence-electron chi connectivity index (χ2n) is 14.5. The standard InChI is InChI=1S/C36H44N8O7S/c1-35(2,51)28-19-38-42-44(28)23-18-27(33(49)41-36(29(45)30(37)46)12-14-52-15-13-36)43(20-23)34(50)26(16-21-8-4-3-5-9-21)40-32(48)25-17-22-10-6-7-11-24(22)31(47)39-25/h6-7,10-11,17,19,21,23,27,51H,3-5,8-9,12-16,18,20H2,1-2H3,(H2,37,46)(H,39,47)(H,41,49)/t23-,27-/m0/s1. The molecule has 5 N–H and O–H groups in total. The molecule has 0 radical (unpaired) electrons. The minimum atomic E-state index is -1.52. The number of benzene rings is 1. The second-order valence-corrected chi connectivity index (χ2v) is 15.8. The zero-order valence-electron chi connectivity index (χ0n) is 29.3. The van der Waals surface area contributed by atoms with Crippen LogP contribution < -0.4 is 16.6 Å². The number of primary amides is 1.